The topological polar surface area (TPSA) is 18.5 Å². The SMILES string of the molecule is CN1CCC2(C1)CN(CC1CCNCC1)C2. The Balaban J connectivity index is 1.43. The third-order valence-electron chi connectivity index (χ3n) is 4.72. The zero-order chi connectivity index (χ0) is 11.0. The van der Waals surface area contributed by atoms with Gasteiger partial charge in [0.25, 0.3) is 0 Å². The van der Waals surface area contributed by atoms with E-state index in [9.17, 15) is 0 Å². The molecule has 0 aromatic carbocycles. The number of rotatable bonds is 2. The summed E-state index contributed by atoms with van der Waals surface area (Å²) in [7, 11) is 2.27. The summed E-state index contributed by atoms with van der Waals surface area (Å²) in [5.74, 6) is 0.970. The van der Waals surface area contributed by atoms with E-state index in [-0.39, 0.29) is 0 Å². The predicted molar refractivity (Wildman–Crippen MR) is 66.6 cm³/mol. The predicted octanol–water partition coefficient (Wildman–Crippen LogP) is 0.623. The second kappa shape index (κ2) is 4.28. The van der Waals surface area contributed by atoms with Crippen molar-refractivity contribution in [2.45, 2.75) is 19.3 Å². The minimum absolute atomic E-state index is 0.696. The van der Waals surface area contributed by atoms with Crippen LogP contribution in [0.15, 0.2) is 0 Å². The lowest BCUT2D eigenvalue weighted by atomic mass is 9.78. The van der Waals surface area contributed by atoms with Crippen molar-refractivity contribution in [1.82, 2.24) is 15.1 Å². The fourth-order valence-electron chi connectivity index (χ4n) is 3.88. The first kappa shape index (κ1) is 11.0. The van der Waals surface area contributed by atoms with Gasteiger partial charge in [-0.3, -0.25) is 0 Å². The van der Waals surface area contributed by atoms with Crippen LogP contribution in [0.5, 0.6) is 0 Å². The molecular weight excluding hydrogens is 198 g/mol. The van der Waals surface area contributed by atoms with Crippen molar-refractivity contribution in [2.75, 3.05) is 52.9 Å². The van der Waals surface area contributed by atoms with E-state index in [1.807, 2.05) is 0 Å². The number of nitrogens with one attached hydrogen (secondary N) is 1. The molecular formula is C13H25N3. The van der Waals surface area contributed by atoms with Gasteiger partial charge in [-0.2, -0.15) is 0 Å². The molecule has 3 heterocycles. The first-order valence-electron chi connectivity index (χ1n) is 6.87. The van der Waals surface area contributed by atoms with Gasteiger partial charge in [0.05, 0.1) is 0 Å². The summed E-state index contributed by atoms with van der Waals surface area (Å²) in [6.45, 7) is 9.27. The second-order valence-electron chi connectivity index (χ2n) is 6.35. The van der Waals surface area contributed by atoms with Gasteiger partial charge in [-0.05, 0) is 51.9 Å². The van der Waals surface area contributed by atoms with Gasteiger partial charge in [-0.15, -0.1) is 0 Å². The van der Waals surface area contributed by atoms with Gasteiger partial charge in [0.15, 0.2) is 0 Å². The Morgan fingerprint density at radius 2 is 1.94 bits per heavy atom. The van der Waals surface area contributed by atoms with Crippen LogP contribution in [0, 0.1) is 11.3 Å². The molecule has 0 aliphatic carbocycles. The van der Waals surface area contributed by atoms with Crippen LogP contribution >= 0.6 is 0 Å². The Bertz CT molecular complexity index is 239. The summed E-state index contributed by atoms with van der Waals surface area (Å²) in [5, 5.41) is 3.45. The molecule has 0 aromatic heterocycles. The van der Waals surface area contributed by atoms with Crippen molar-refractivity contribution >= 4 is 0 Å². The first-order valence-corrected chi connectivity index (χ1v) is 6.87. The zero-order valence-electron chi connectivity index (χ0n) is 10.5. The molecule has 3 rings (SSSR count). The maximum absolute atomic E-state index is 3.45. The van der Waals surface area contributed by atoms with Crippen LogP contribution in [0.3, 0.4) is 0 Å². The lowest BCUT2D eigenvalue weighted by Crippen LogP contribution is -2.58. The standard InChI is InChI=1S/C13H25N3/c1-15-7-4-13(9-15)10-16(11-13)8-12-2-5-14-6-3-12/h12,14H,2-11H2,1H3. The molecule has 16 heavy (non-hydrogen) atoms. The van der Waals surface area contributed by atoms with Crippen molar-refractivity contribution < 1.29 is 0 Å². The van der Waals surface area contributed by atoms with Gasteiger partial charge in [0, 0.05) is 31.6 Å². The zero-order valence-corrected chi connectivity index (χ0v) is 10.5. The molecule has 3 nitrogen and oxygen atoms in total. The molecule has 3 aliphatic rings. The van der Waals surface area contributed by atoms with Gasteiger partial charge >= 0.3 is 0 Å². The highest BCUT2D eigenvalue weighted by atomic mass is 15.3. The van der Waals surface area contributed by atoms with Gasteiger partial charge < -0.3 is 15.1 Å². The minimum Gasteiger partial charge on any atom is -0.317 e. The van der Waals surface area contributed by atoms with E-state index >= 15 is 0 Å². The number of piperidine rings is 1. The monoisotopic (exact) mass is 223 g/mol. The Morgan fingerprint density at radius 1 is 1.19 bits per heavy atom. The highest BCUT2D eigenvalue weighted by molar-refractivity contribution is 5.01. The van der Waals surface area contributed by atoms with Gasteiger partial charge in [-0.1, -0.05) is 0 Å². The average molecular weight is 223 g/mol. The molecule has 1 N–H and O–H groups in total. The Kier molecular flexibility index (Phi) is 2.94. The van der Waals surface area contributed by atoms with Crippen molar-refractivity contribution in [1.29, 1.82) is 0 Å². The van der Waals surface area contributed by atoms with E-state index in [2.05, 4.69) is 22.2 Å². The van der Waals surface area contributed by atoms with Crippen LogP contribution in [0.1, 0.15) is 19.3 Å². The van der Waals surface area contributed by atoms with Crippen LogP contribution in [-0.4, -0.2) is 62.7 Å². The lowest BCUT2D eigenvalue weighted by molar-refractivity contribution is -0.00398. The maximum atomic E-state index is 3.45. The van der Waals surface area contributed by atoms with Crippen LogP contribution in [-0.2, 0) is 0 Å². The van der Waals surface area contributed by atoms with Gasteiger partial charge in [-0.25, -0.2) is 0 Å². The molecule has 0 atom stereocenters. The third kappa shape index (κ3) is 2.13. The number of likely N-dealkylation sites (tertiary alicyclic amines) is 2. The Labute approximate surface area is 99.2 Å². The average Bonchev–Trinajstić information content (AvgIpc) is 2.62. The summed E-state index contributed by atoms with van der Waals surface area (Å²) in [6, 6.07) is 0. The van der Waals surface area contributed by atoms with E-state index in [0.29, 0.717) is 5.41 Å². The minimum atomic E-state index is 0.696. The van der Waals surface area contributed by atoms with Crippen molar-refractivity contribution in [2.24, 2.45) is 11.3 Å². The second-order valence-corrected chi connectivity index (χ2v) is 6.35. The first-order chi connectivity index (χ1) is 7.76. The van der Waals surface area contributed by atoms with E-state index in [1.165, 1.54) is 65.1 Å². The molecule has 0 aromatic rings. The normalized spacial score (nSPS) is 32.1. The van der Waals surface area contributed by atoms with Crippen molar-refractivity contribution in [3.63, 3.8) is 0 Å². The molecule has 3 heteroatoms. The highest BCUT2D eigenvalue weighted by Crippen LogP contribution is 2.39. The van der Waals surface area contributed by atoms with Crippen LogP contribution in [0.25, 0.3) is 0 Å². The molecule has 0 amide bonds. The van der Waals surface area contributed by atoms with Gasteiger partial charge in [0.2, 0.25) is 0 Å². The molecule has 3 fully saturated rings. The summed E-state index contributed by atoms with van der Waals surface area (Å²) >= 11 is 0. The summed E-state index contributed by atoms with van der Waals surface area (Å²) in [4.78, 5) is 5.21. The molecule has 3 aliphatic heterocycles. The molecule has 0 saturated carbocycles. The lowest BCUT2D eigenvalue weighted by Gasteiger charge is -2.49. The van der Waals surface area contributed by atoms with Crippen LogP contribution in [0.2, 0.25) is 0 Å². The van der Waals surface area contributed by atoms with E-state index in [0.717, 1.165) is 5.92 Å². The smallest absolute Gasteiger partial charge is 0.00968 e. The maximum Gasteiger partial charge on any atom is 0.00968 e. The van der Waals surface area contributed by atoms with Gasteiger partial charge in [0.1, 0.15) is 0 Å². The van der Waals surface area contributed by atoms with E-state index < -0.39 is 0 Å². The van der Waals surface area contributed by atoms with E-state index in [4.69, 9.17) is 0 Å². The van der Waals surface area contributed by atoms with Crippen LogP contribution < -0.4 is 5.32 Å². The molecule has 92 valence electrons. The van der Waals surface area contributed by atoms with Crippen molar-refractivity contribution in [3.8, 4) is 0 Å². The summed E-state index contributed by atoms with van der Waals surface area (Å²) < 4.78 is 0. The Morgan fingerprint density at radius 3 is 2.56 bits per heavy atom. The molecule has 0 radical (unpaired) electrons. The molecule has 3 saturated heterocycles. The third-order valence-corrected chi connectivity index (χ3v) is 4.72. The highest BCUT2D eigenvalue weighted by Gasteiger charge is 2.46. The van der Waals surface area contributed by atoms with E-state index in [1.54, 1.807) is 0 Å². The molecule has 0 bridgehead atoms. The number of hydrogen-bond donors (Lipinski definition) is 1. The molecule has 1 spiro atoms. The largest absolute Gasteiger partial charge is 0.317 e. The quantitative estimate of drug-likeness (QED) is 0.740. The van der Waals surface area contributed by atoms with Crippen LogP contribution in [0.4, 0.5) is 0 Å². The fraction of sp³-hybridized carbons (Fsp3) is 1.00. The summed E-state index contributed by atoms with van der Waals surface area (Å²) in [6.07, 6.45) is 4.22. The fourth-order valence-corrected chi connectivity index (χ4v) is 3.88. The number of nitrogens with zero attached hydrogens (tertiary/aromatic N) is 2. The Hall–Kier alpha value is -0.120. The summed E-state index contributed by atoms with van der Waals surface area (Å²) in [5.41, 5.74) is 0.696. The molecule has 0 unspecified atom stereocenters. The number of hydrogen-bond acceptors (Lipinski definition) is 3. The van der Waals surface area contributed by atoms with Crippen molar-refractivity contribution in [3.05, 3.63) is 0 Å².